The van der Waals surface area contributed by atoms with E-state index in [0.29, 0.717) is 11.4 Å². The monoisotopic (exact) mass is 386 g/mol. The van der Waals surface area contributed by atoms with Gasteiger partial charge in [-0.25, -0.2) is 13.1 Å². The van der Waals surface area contributed by atoms with E-state index in [9.17, 15) is 8.42 Å². The summed E-state index contributed by atoms with van der Waals surface area (Å²) in [6.07, 6.45) is 1.88. The minimum Gasteiger partial charge on any atom is -0.380 e. The van der Waals surface area contributed by atoms with Crippen LogP contribution in [0.15, 0.2) is 45.1 Å². The third kappa shape index (κ3) is 3.85. The van der Waals surface area contributed by atoms with Crippen LogP contribution in [0.4, 0.5) is 5.69 Å². The van der Waals surface area contributed by atoms with Crippen molar-refractivity contribution in [3.8, 4) is 0 Å². The predicted octanol–water partition coefficient (Wildman–Crippen LogP) is 3.56. The first-order chi connectivity index (χ1) is 10.0. The van der Waals surface area contributed by atoms with Crippen LogP contribution in [-0.2, 0) is 16.6 Å². The van der Waals surface area contributed by atoms with E-state index in [0.717, 1.165) is 23.0 Å². The summed E-state index contributed by atoms with van der Waals surface area (Å²) < 4.78 is 27.9. The second-order valence-corrected chi connectivity index (χ2v) is 8.53. The highest BCUT2D eigenvalue weighted by molar-refractivity contribution is 9.10. The molecule has 1 heterocycles. The van der Waals surface area contributed by atoms with Crippen molar-refractivity contribution < 1.29 is 8.42 Å². The molecule has 21 heavy (non-hydrogen) atoms. The van der Waals surface area contributed by atoms with E-state index in [-0.39, 0.29) is 6.04 Å². The zero-order valence-electron chi connectivity index (χ0n) is 11.2. The van der Waals surface area contributed by atoms with Crippen LogP contribution < -0.4 is 10.0 Å². The van der Waals surface area contributed by atoms with Crippen molar-refractivity contribution in [1.82, 2.24) is 4.72 Å². The quantitative estimate of drug-likeness (QED) is 0.797. The maximum absolute atomic E-state index is 12.0. The summed E-state index contributed by atoms with van der Waals surface area (Å²) >= 11 is 5.16. The number of anilines is 1. The predicted molar refractivity (Wildman–Crippen MR) is 89.1 cm³/mol. The molecule has 0 atom stereocenters. The number of halogens is 1. The fourth-order valence-corrected chi connectivity index (χ4v) is 4.61. The summed E-state index contributed by atoms with van der Waals surface area (Å²) in [7, 11) is -3.36. The molecule has 2 N–H and O–H groups in total. The van der Waals surface area contributed by atoms with Gasteiger partial charge in [0.2, 0.25) is 10.0 Å². The zero-order chi connectivity index (χ0) is 14.9. The molecule has 0 radical (unpaired) electrons. The highest BCUT2D eigenvalue weighted by Crippen LogP contribution is 2.25. The second-order valence-electron chi connectivity index (χ2n) is 4.97. The fourth-order valence-electron chi connectivity index (χ4n) is 1.87. The van der Waals surface area contributed by atoms with Crippen LogP contribution >= 0.6 is 27.3 Å². The van der Waals surface area contributed by atoms with Crippen molar-refractivity contribution in [1.29, 1.82) is 0 Å². The van der Waals surface area contributed by atoms with Crippen LogP contribution in [0.3, 0.4) is 0 Å². The number of benzene rings is 1. The fraction of sp³-hybridized carbons (Fsp3) is 0.286. The van der Waals surface area contributed by atoms with Gasteiger partial charge in [-0.1, -0.05) is 0 Å². The lowest BCUT2D eigenvalue weighted by Gasteiger charge is -2.08. The van der Waals surface area contributed by atoms with Gasteiger partial charge in [-0.2, -0.15) is 0 Å². The van der Waals surface area contributed by atoms with Gasteiger partial charge in [0, 0.05) is 21.1 Å². The molecule has 0 bridgehead atoms. The largest absolute Gasteiger partial charge is 0.380 e. The van der Waals surface area contributed by atoms with Crippen LogP contribution in [0.25, 0.3) is 0 Å². The standard InChI is InChI=1S/C14H15BrN2O2S2/c15-13-7-8-20-14(13)9-16-10-3-5-12(6-4-10)21(18,19)17-11-1-2-11/h3-8,11,16-17H,1-2,9H2. The molecule has 3 rings (SSSR count). The molecule has 112 valence electrons. The SMILES string of the molecule is O=S(=O)(NC1CC1)c1ccc(NCc2sccc2Br)cc1. The molecule has 1 aromatic carbocycles. The minimum atomic E-state index is -3.36. The molecular formula is C14H15BrN2O2S2. The first kappa shape index (κ1) is 15.0. The highest BCUT2D eigenvalue weighted by atomic mass is 79.9. The van der Waals surface area contributed by atoms with E-state index in [1.165, 1.54) is 4.88 Å². The Kier molecular flexibility index (Phi) is 4.35. The van der Waals surface area contributed by atoms with Crippen LogP contribution in [0.1, 0.15) is 17.7 Å². The van der Waals surface area contributed by atoms with Gasteiger partial charge in [0.05, 0.1) is 11.4 Å². The second kappa shape index (κ2) is 6.08. The molecule has 1 fully saturated rings. The number of hydrogen-bond acceptors (Lipinski definition) is 4. The Balaban J connectivity index is 1.65. The van der Waals surface area contributed by atoms with E-state index in [1.807, 2.05) is 11.4 Å². The maximum Gasteiger partial charge on any atom is 0.240 e. The van der Waals surface area contributed by atoms with E-state index in [4.69, 9.17) is 0 Å². The molecule has 0 unspecified atom stereocenters. The molecule has 0 spiro atoms. The number of hydrogen-bond donors (Lipinski definition) is 2. The molecular weight excluding hydrogens is 372 g/mol. The third-order valence-electron chi connectivity index (χ3n) is 3.21. The number of rotatable bonds is 6. The average Bonchev–Trinajstić information content (AvgIpc) is 3.16. The maximum atomic E-state index is 12.0. The number of thiophene rings is 1. The van der Waals surface area contributed by atoms with E-state index in [2.05, 4.69) is 26.0 Å². The Hall–Kier alpha value is -0.890. The van der Waals surface area contributed by atoms with E-state index < -0.39 is 10.0 Å². The molecule has 0 amide bonds. The molecule has 0 saturated heterocycles. The topological polar surface area (TPSA) is 58.2 Å². The highest BCUT2D eigenvalue weighted by Gasteiger charge is 2.27. The summed E-state index contributed by atoms with van der Waals surface area (Å²) in [5.74, 6) is 0. The Bertz CT molecular complexity index is 722. The first-order valence-corrected chi connectivity index (χ1v) is 9.78. The Morgan fingerprint density at radius 3 is 2.48 bits per heavy atom. The lowest BCUT2D eigenvalue weighted by molar-refractivity contribution is 0.581. The van der Waals surface area contributed by atoms with Crippen molar-refractivity contribution >= 4 is 43.0 Å². The number of sulfonamides is 1. The number of nitrogens with one attached hydrogen (secondary N) is 2. The molecule has 1 saturated carbocycles. The van der Waals surface area contributed by atoms with Crippen molar-refractivity contribution in [3.05, 3.63) is 45.1 Å². The van der Waals surface area contributed by atoms with Crippen LogP contribution in [0, 0.1) is 0 Å². The van der Waals surface area contributed by atoms with Gasteiger partial charge in [0.15, 0.2) is 0 Å². The van der Waals surface area contributed by atoms with Crippen molar-refractivity contribution in [2.45, 2.75) is 30.3 Å². The molecule has 7 heteroatoms. The molecule has 1 aliphatic rings. The van der Waals surface area contributed by atoms with Gasteiger partial charge in [-0.05, 0) is 64.5 Å². The summed E-state index contributed by atoms with van der Waals surface area (Å²) in [5, 5.41) is 5.31. The van der Waals surface area contributed by atoms with E-state index in [1.54, 1.807) is 35.6 Å². The Morgan fingerprint density at radius 1 is 1.19 bits per heavy atom. The van der Waals surface area contributed by atoms with Crippen LogP contribution in [0.5, 0.6) is 0 Å². The van der Waals surface area contributed by atoms with Crippen molar-refractivity contribution in [2.24, 2.45) is 0 Å². The third-order valence-corrected chi connectivity index (χ3v) is 6.67. The summed E-state index contributed by atoms with van der Waals surface area (Å²) in [6.45, 7) is 0.713. The molecule has 4 nitrogen and oxygen atoms in total. The average molecular weight is 387 g/mol. The van der Waals surface area contributed by atoms with Gasteiger partial charge < -0.3 is 5.32 Å². The normalized spacial score (nSPS) is 15.1. The van der Waals surface area contributed by atoms with E-state index >= 15 is 0 Å². The molecule has 0 aliphatic heterocycles. The Labute approximate surface area is 136 Å². The Morgan fingerprint density at radius 2 is 1.90 bits per heavy atom. The van der Waals surface area contributed by atoms with Gasteiger partial charge in [0.1, 0.15) is 0 Å². The van der Waals surface area contributed by atoms with Crippen LogP contribution in [0.2, 0.25) is 0 Å². The van der Waals surface area contributed by atoms with Gasteiger partial charge in [-0.15, -0.1) is 11.3 Å². The molecule has 1 aliphatic carbocycles. The summed E-state index contributed by atoms with van der Waals surface area (Å²) in [5.41, 5.74) is 0.903. The zero-order valence-corrected chi connectivity index (χ0v) is 14.4. The lowest BCUT2D eigenvalue weighted by atomic mass is 10.3. The van der Waals surface area contributed by atoms with Gasteiger partial charge in [-0.3, -0.25) is 0 Å². The summed E-state index contributed by atoms with van der Waals surface area (Å²) in [4.78, 5) is 1.53. The minimum absolute atomic E-state index is 0.129. The van der Waals surface area contributed by atoms with Gasteiger partial charge >= 0.3 is 0 Å². The molecule has 2 aromatic rings. The van der Waals surface area contributed by atoms with Gasteiger partial charge in [0.25, 0.3) is 0 Å². The lowest BCUT2D eigenvalue weighted by Crippen LogP contribution is -2.25. The van der Waals surface area contributed by atoms with Crippen molar-refractivity contribution in [2.75, 3.05) is 5.32 Å². The van der Waals surface area contributed by atoms with Crippen molar-refractivity contribution in [3.63, 3.8) is 0 Å². The summed E-state index contributed by atoms with van der Waals surface area (Å²) in [6, 6.07) is 9.00. The van der Waals surface area contributed by atoms with Crippen LogP contribution in [-0.4, -0.2) is 14.5 Å². The smallest absolute Gasteiger partial charge is 0.240 e. The first-order valence-electron chi connectivity index (χ1n) is 6.63. The molecule has 1 aromatic heterocycles.